The number of carbonyl (C=O) groups excluding carboxylic acids is 1. The number of carboxylic acids is 2. The minimum absolute atomic E-state index is 0.0235. The lowest BCUT2D eigenvalue weighted by Crippen LogP contribution is -2.61. The van der Waals surface area contributed by atoms with Gasteiger partial charge in [0.1, 0.15) is 0 Å². The normalized spacial score (nSPS) is 12.6. The van der Waals surface area contributed by atoms with Crippen LogP contribution in [0.25, 0.3) is 0 Å². The molecule has 0 aliphatic rings. The van der Waals surface area contributed by atoms with Gasteiger partial charge in [-0.05, 0) is 11.1 Å². The van der Waals surface area contributed by atoms with Crippen LogP contribution in [0.5, 0.6) is 0 Å². The van der Waals surface area contributed by atoms with Crippen LogP contribution >= 0.6 is 0 Å². The van der Waals surface area contributed by atoms with Gasteiger partial charge in [-0.3, -0.25) is 4.79 Å². The molecule has 0 bridgehead atoms. The Labute approximate surface area is 163 Å². The topological polar surface area (TPSA) is 98.2 Å². The highest BCUT2D eigenvalue weighted by Crippen LogP contribution is 2.29. The zero-order valence-electron chi connectivity index (χ0n) is 15.9. The molecule has 0 spiro atoms. The molecule has 28 heavy (non-hydrogen) atoms. The maximum atomic E-state index is 13.0. The summed E-state index contributed by atoms with van der Waals surface area (Å²) in [4.78, 5) is 39.5. The second kappa shape index (κ2) is 9.03. The maximum Gasteiger partial charge on any atom is 0.330 e. The largest absolute Gasteiger partial charge is 0.481 e. The molecule has 0 aromatic heterocycles. The number of hydrogen-bond acceptors (Lipinski definition) is 3. The number of hydrogen-bond donors (Lipinski definition) is 2. The van der Waals surface area contributed by atoms with E-state index in [9.17, 15) is 24.6 Å². The molecule has 2 aromatic carbocycles. The molecule has 2 amide bonds. The molecule has 7 nitrogen and oxygen atoms in total. The van der Waals surface area contributed by atoms with Crippen molar-refractivity contribution in [2.75, 3.05) is 14.1 Å². The summed E-state index contributed by atoms with van der Waals surface area (Å²) in [6.45, 7) is -0.0235. The predicted molar refractivity (Wildman–Crippen MR) is 104 cm³/mol. The average molecular weight is 384 g/mol. The Hall–Kier alpha value is -3.35. The predicted octanol–water partition coefficient (Wildman–Crippen LogP) is 2.71. The molecule has 0 aliphatic carbocycles. The molecule has 0 unspecified atom stereocenters. The summed E-state index contributed by atoms with van der Waals surface area (Å²) in [5.74, 6) is -2.65. The molecule has 7 heteroatoms. The molecule has 2 N–H and O–H groups in total. The summed E-state index contributed by atoms with van der Waals surface area (Å²) in [5, 5.41) is 19.6. The smallest absolute Gasteiger partial charge is 0.330 e. The van der Waals surface area contributed by atoms with Crippen LogP contribution in [0.2, 0.25) is 0 Å². The van der Waals surface area contributed by atoms with Crippen molar-refractivity contribution in [2.24, 2.45) is 0 Å². The molecule has 2 rings (SSSR count). The SMILES string of the molecule is CN(C)C(=O)N(Cc1ccccc1)[C@](CC(=O)O)(Cc1ccccc1)C(=O)O. The summed E-state index contributed by atoms with van der Waals surface area (Å²) in [5.41, 5.74) is -0.595. The van der Waals surface area contributed by atoms with Gasteiger partial charge >= 0.3 is 18.0 Å². The summed E-state index contributed by atoms with van der Waals surface area (Å²) >= 11 is 0. The first-order chi connectivity index (χ1) is 13.3. The maximum absolute atomic E-state index is 13.0. The van der Waals surface area contributed by atoms with E-state index in [0.29, 0.717) is 11.1 Å². The number of benzene rings is 2. The van der Waals surface area contributed by atoms with Gasteiger partial charge in [-0.2, -0.15) is 0 Å². The Kier molecular flexibility index (Phi) is 6.76. The van der Waals surface area contributed by atoms with E-state index in [1.54, 1.807) is 54.6 Å². The first-order valence-electron chi connectivity index (χ1n) is 8.78. The molecule has 148 valence electrons. The molecular weight excluding hydrogens is 360 g/mol. The molecule has 0 saturated heterocycles. The third-order valence-electron chi connectivity index (χ3n) is 4.49. The van der Waals surface area contributed by atoms with Gasteiger partial charge in [0, 0.05) is 27.1 Å². The highest BCUT2D eigenvalue weighted by molar-refractivity contribution is 5.90. The molecule has 0 heterocycles. The number of urea groups is 1. The number of carbonyl (C=O) groups is 3. The lowest BCUT2D eigenvalue weighted by molar-refractivity contribution is -0.157. The third kappa shape index (κ3) is 4.88. The van der Waals surface area contributed by atoms with Crippen molar-refractivity contribution < 1.29 is 24.6 Å². The second-order valence-electron chi connectivity index (χ2n) is 6.82. The van der Waals surface area contributed by atoms with E-state index in [1.807, 2.05) is 6.07 Å². The van der Waals surface area contributed by atoms with Gasteiger partial charge in [0.2, 0.25) is 0 Å². The monoisotopic (exact) mass is 384 g/mol. The Bertz CT molecular complexity index is 823. The summed E-state index contributed by atoms with van der Waals surface area (Å²) < 4.78 is 0. The zero-order chi connectivity index (χ0) is 20.7. The quantitative estimate of drug-likeness (QED) is 0.729. The average Bonchev–Trinajstić information content (AvgIpc) is 2.66. The van der Waals surface area contributed by atoms with Crippen LogP contribution in [0.4, 0.5) is 4.79 Å². The van der Waals surface area contributed by atoms with Gasteiger partial charge in [0.05, 0.1) is 6.42 Å². The second-order valence-corrected chi connectivity index (χ2v) is 6.82. The fourth-order valence-electron chi connectivity index (χ4n) is 3.11. The van der Waals surface area contributed by atoms with Gasteiger partial charge in [-0.15, -0.1) is 0 Å². The fourth-order valence-corrected chi connectivity index (χ4v) is 3.11. The van der Waals surface area contributed by atoms with Crippen molar-refractivity contribution in [3.63, 3.8) is 0 Å². The van der Waals surface area contributed by atoms with Crippen LogP contribution in [-0.2, 0) is 22.6 Å². The van der Waals surface area contributed by atoms with Gasteiger partial charge in [0.25, 0.3) is 0 Å². The van der Waals surface area contributed by atoms with Crippen molar-refractivity contribution in [1.82, 2.24) is 9.80 Å². The van der Waals surface area contributed by atoms with Crippen LogP contribution in [0.1, 0.15) is 17.5 Å². The van der Waals surface area contributed by atoms with E-state index in [1.165, 1.54) is 19.0 Å². The zero-order valence-corrected chi connectivity index (χ0v) is 15.9. The van der Waals surface area contributed by atoms with E-state index >= 15 is 0 Å². The number of rotatable bonds is 8. The van der Waals surface area contributed by atoms with Gasteiger partial charge in [0.15, 0.2) is 5.54 Å². The van der Waals surface area contributed by atoms with E-state index in [4.69, 9.17) is 0 Å². The lowest BCUT2D eigenvalue weighted by Gasteiger charge is -2.41. The number of aliphatic carboxylic acids is 2. The molecule has 0 fully saturated rings. The van der Waals surface area contributed by atoms with Crippen LogP contribution in [-0.4, -0.2) is 57.6 Å². The van der Waals surface area contributed by atoms with Gasteiger partial charge in [-0.25, -0.2) is 9.59 Å². The number of nitrogens with zero attached hydrogens (tertiary/aromatic N) is 2. The van der Waals surface area contributed by atoms with E-state index < -0.39 is 29.9 Å². The van der Waals surface area contributed by atoms with Crippen LogP contribution in [0.3, 0.4) is 0 Å². The Morgan fingerprint density at radius 3 is 1.79 bits per heavy atom. The van der Waals surface area contributed by atoms with E-state index in [2.05, 4.69) is 0 Å². The highest BCUT2D eigenvalue weighted by atomic mass is 16.4. The summed E-state index contributed by atoms with van der Waals surface area (Å²) in [6, 6.07) is 17.1. The summed E-state index contributed by atoms with van der Waals surface area (Å²) in [7, 11) is 3.02. The van der Waals surface area contributed by atoms with Crippen molar-refractivity contribution in [3.05, 3.63) is 71.8 Å². The summed E-state index contributed by atoms with van der Waals surface area (Å²) in [6.07, 6.45) is -0.842. The van der Waals surface area contributed by atoms with Gasteiger partial charge in [-0.1, -0.05) is 60.7 Å². The fraction of sp³-hybridized carbons (Fsp3) is 0.286. The Morgan fingerprint density at radius 1 is 0.857 bits per heavy atom. The van der Waals surface area contributed by atoms with Crippen molar-refractivity contribution >= 4 is 18.0 Å². The molecule has 0 radical (unpaired) electrons. The Balaban J connectivity index is 2.59. The van der Waals surface area contributed by atoms with Crippen molar-refractivity contribution in [2.45, 2.75) is 24.9 Å². The van der Waals surface area contributed by atoms with E-state index in [0.717, 1.165) is 4.90 Å². The first-order valence-corrected chi connectivity index (χ1v) is 8.78. The molecule has 0 aliphatic heterocycles. The van der Waals surface area contributed by atoms with E-state index in [-0.39, 0.29) is 13.0 Å². The van der Waals surface area contributed by atoms with Crippen LogP contribution in [0, 0.1) is 0 Å². The molecule has 2 aromatic rings. The van der Waals surface area contributed by atoms with Gasteiger partial charge < -0.3 is 20.0 Å². The standard InChI is InChI=1S/C21H24N2O5/c1-22(2)20(28)23(15-17-11-7-4-8-12-17)21(19(26)27,14-18(24)25)13-16-9-5-3-6-10-16/h3-12H,13-15H2,1-2H3,(H,24,25)(H,26,27)/t21-/m0/s1. The lowest BCUT2D eigenvalue weighted by atomic mass is 9.85. The third-order valence-corrected chi connectivity index (χ3v) is 4.49. The molecular formula is C21H24N2O5. The highest BCUT2D eigenvalue weighted by Gasteiger charge is 2.49. The van der Waals surface area contributed by atoms with Crippen LogP contribution < -0.4 is 0 Å². The first kappa shape index (κ1) is 21.0. The molecule has 0 saturated carbocycles. The number of carboxylic acid groups (broad SMARTS) is 2. The number of amides is 2. The minimum Gasteiger partial charge on any atom is -0.481 e. The van der Waals surface area contributed by atoms with Crippen molar-refractivity contribution in [1.29, 1.82) is 0 Å². The minimum atomic E-state index is -1.94. The molecule has 1 atom stereocenters. The van der Waals surface area contributed by atoms with Crippen molar-refractivity contribution in [3.8, 4) is 0 Å². The Morgan fingerprint density at radius 2 is 1.36 bits per heavy atom. The van der Waals surface area contributed by atoms with Crippen LogP contribution in [0.15, 0.2) is 60.7 Å².